The van der Waals surface area contributed by atoms with Crippen LogP contribution in [0.15, 0.2) is 83.8 Å². The fourth-order valence-electron chi connectivity index (χ4n) is 3.10. The Labute approximate surface area is 217 Å². The number of alkyl halides is 3. The van der Waals surface area contributed by atoms with E-state index in [9.17, 15) is 26.4 Å². The van der Waals surface area contributed by atoms with Gasteiger partial charge in [-0.05, 0) is 55.0 Å². The monoisotopic (exact) mass is 550 g/mol. The maximum atomic E-state index is 13.0. The number of nitrogens with one attached hydrogen (secondary N) is 2. The van der Waals surface area contributed by atoms with Crippen molar-refractivity contribution in [2.75, 3.05) is 17.7 Å². The van der Waals surface area contributed by atoms with Gasteiger partial charge in [0.2, 0.25) is 0 Å². The maximum Gasteiger partial charge on any atom is 0.432 e. The first-order valence-corrected chi connectivity index (χ1v) is 12.9. The lowest BCUT2D eigenvalue weighted by atomic mass is 10.1. The van der Waals surface area contributed by atoms with Crippen molar-refractivity contribution in [1.29, 1.82) is 5.41 Å². The molecule has 0 aliphatic rings. The number of esters is 1. The summed E-state index contributed by atoms with van der Waals surface area (Å²) in [4.78, 5) is 12.5. The number of sulfone groups is 1. The number of allylic oxidation sites excluding steroid dienone is 1. The van der Waals surface area contributed by atoms with Crippen molar-refractivity contribution in [2.45, 2.75) is 18.0 Å². The SMILES string of the molecule is Cc1ccc(S(=O)(=O)CCOC(=O)c2ccc(/C(=C/C(=N)C(F)(F)F)Nc3ccccc3Cl)cc2)cc1. The molecule has 0 saturated carbocycles. The highest BCUT2D eigenvalue weighted by atomic mass is 35.5. The van der Waals surface area contributed by atoms with E-state index in [2.05, 4.69) is 5.32 Å². The molecule has 3 aromatic rings. The van der Waals surface area contributed by atoms with Crippen molar-refractivity contribution in [3.05, 3.63) is 101 Å². The standard InChI is InChI=1S/C26H22ClF3N2O4S/c1-17-6-12-20(13-7-17)37(34,35)15-14-36-25(33)19-10-8-18(9-11-19)23(16-24(31)26(28,29)30)32-22-5-3-2-4-21(22)27/h2-13,16,31-32H,14-15H2,1H3/b23-16-,31-24?. The van der Waals surface area contributed by atoms with Crippen molar-refractivity contribution < 1.29 is 31.1 Å². The van der Waals surface area contributed by atoms with Crippen LogP contribution in [-0.4, -0.2) is 38.6 Å². The fourth-order valence-corrected chi connectivity index (χ4v) is 4.37. The van der Waals surface area contributed by atoms with Crippen LogP contribution in [0.4, 0.5) is 18.9 Å². The Hall–Kier alpha value is -3.63. The molecule has 0 unspecified atom stereocenters. The lowest BCUT2D eigenvalue weighted by Crippen LogP contribution is -2.20. The van der Waals surface area contributed by atoms with Crippen LogP contribution in [0.5, 0.6) is 0 Å². The zero-order chi connectivity index (χ0) is 27.2. The highest BCUT2D eigenvalue weighted by molar-refractivity contribution is 7.91. The first-order chi connectivity index (χ1) is 17.4. The number of carbonyl (C=O) groups is 1. The molecule has 0 amide bonds. The summed E-state index contributed by atoms with van der Waals surface area (Å²) in [5.74, 6) is -1.20. The van der Waals surface area contributed by atoms with E-state index in [4.69, 9.17) is 21.7 Å². The quantitative estimate of drug-likeness (QED) is 0.240. The first-order valence-electron chi connectivity index (χ1n) is 10.8. The van der Waals surface area contributed by atoms with Gasteiger partial charge in [-0.3, -0.25) is 5.41 Å². The summed E-state index contributed by atoms with van der Waals surface area (Å²) >= 11 is 6.11. The van der Waals surface area contributed by atoms with Gasteiger partial charge in [0.05, 0.1) is 26.9 Å². The average molecular weight is 551 g/mol. The van der Waals surface area contributed by atoms with E-state index in [-0.39, 0.29) is 33.3 Å². The van der Waals surface area contributed by atoms with Crippen molar-refractivity contribution in [3.63, 3.8) is 0 Å². The fraction of sp³-hybridized carbons (Fsp3) is 0.154. The van der Waals surface area contributed by atoms with Gasteiger partial charge in [0.1, 0.15) is 12.3 Å². The molecule has 3 rings (SSSR count). The van der Waals surface area contributed by atoms with E-state index in [1.807, 2.05) is 6.92 Å². The Morgan fingerprint density at radius 2 is 1.59 bits per heavy atom. The van der Waals surface area contributed by atoms with Gasteiger partial charge in [-0.1, -0.05) is 53.6 Å². The summed E-state index contributed by atoms with van der Waals surface area (Å²) in [5, 5.41) is 10.4. The van der Waals surface area contributed by atoms with Crippen molar-refractivity contribution in [3.8, 4) is 0 Å². The van der Waals surface area contributed by atoms with Crippen LogP contribution in [0.25, 0.3) is 5.70 Å². The molecule has 11 heteroatoms. The van der Waals surface area contributed by atoms with E-state index >= 15 is 0 Å². The third-order valence-corrected chi connectivity index (χ3v) is 7.16. The Morgan fingerprint density at radius 3 is 2.19 bits per heavy atom. The van der Waals surface area contributed by atoms with Gasteiger partial charge >= 0.3 is 12.1 Å². The zero-order valence-electron chi connectivity index (χ0n) is 19.5. The van der Waals surface area contributed by atoms with Crippen LogP contribution >= 0.6 is 11.6 Å². The van der Waals surface area contributed by atoms with Crippen LogP contribution in [-0.2, 0) is 14.6 Å². The average Bonchev–Trinajstić information content (AvgIpc) is 2.84. The third kappa shape index (κ3) is 7.68. The molecule has 0 spiro atoms. The number of aryl methyl sites for hydroxylation is 1. The molecule has 37 heavy (non-hydrogen) atoms. The summed E-state index contributed by atoms with van der Waals surface area (Å²) in [6.45, 7) is 1.45. The van der Waals surface area contributed by atoms with Crippen LogP contribution in [0.3, 0.4) is 0 Å². The number of para-hydroxylation sites is 1. The number of carbonyl (C=O) groups excluding carboxylic acids is 1. The van der Waals surface area contributed by atoms with Crippen LogP contribution in [0.1, 0.15) is 21.5 Å². The van der Waals surface area contributed by atoms with E-state index < -0.39 is 33.4 Å². The molecule has 0 bridgehead atoms. The van der Waals surface area contributed by atoms with E-state index in [0.29, 0.717) is 11.8 Å². The summed E-state index contributed by atoms with van der Waals surface area (Å²) in [6, 6.07) is 18.1. The summed E-state index contributed by atoms with van der Waals surface area (Å²) in [5.41, 5.74) is -0.112. The van der Waals surface area contributed by atoms with Gasteiger partial charge in [-0.15, -0.1) is 0 Å². The number of benzene rings is 3. The van der Waals surface area contributed by atoms with Gasteiger partial charge in [-0.25, -0.2) is 13.2 Å². The molecule has 0 saturated heterocycles. The minimum absolute atomic E-state index is 0.0690. The minimum atomic E-state index is -4.87. The maximum absolute atomic E-state index is 13.0. The molecular weight excluding hydrogens is 529 g/mol. The smallest absolute Gasteiger partial charge is 0.432 e. The topological polar surface area (TPSA) is 96.3 Å². The Morgan fingerprint density at radius 1 is 1.00 bits per heavy atom. The predicted octanol–water partition coefficient (Wildman–Crippen LogP) is 6.31. The van der Waals surface area contributed by atoms with Crippen molar-refractivity contribution >= 4 is 44.5 Å². The largest absolute Gasteiger partial charge is 0.461 e. The number of hydrogen-bond acceptors (Lipinski definition) is 6. The summed E-state index contributed by atoms with van der Waals surface area (Å²) in [7, 11) is -3.65. The van der Waals surface area contributed by atoms with Crippen LogP contribution in [0, 0.1) is 12.3 Å². The summed E-state index contributed by atoms with van der Waals surface area (Å²) in [6.07, 6.45) is -4.25. The number of anilines is 1. The highest BCUT2D eigenvalue weighted by Gasteiger charge is 2.33. The molecule has 0 aromatic heterocycles. The van der Waals surface area contributed by atoms with Gasteiger partial charge in [0.15, 0.2) is 9.84 Å². The van der Waals surface area contributed by atoms with E-state index in [0.717, 1.165) is 5.56 Å². The molecule has 0 radical (unpaired) electrons. The molecule has 0 fully saturated rings. The normalized spacial score (nSPS) is 12.2. The van der Waals surface area contributed by atoms with Gasteiger partial charge in [0.25, 0.3) is 0 Å². The molecular formula is C26H22ClF3N2O4S. The zero-order valence-corrected chi connectivity index (χ0v) is 21.0. The second kappa shape index (κ2) is 11.6. The first kappa shape index (κ1) is 27.9. The predicted molar refractivity (Wildman–Crippen MR) is 137 cm³/mol. The van der Waals surface area contributed by atoms with Crippen LogP contribution in [0.2, 0.25) is 5.02 Å². The third-order valence-electron chi connectivity index (χ3n) is 5.13. The van der Waals surface area contributed by atoms with Gasteiger partial charge in [0, 0.05) is 5.70 Å². The lowest BCUT2D eigenvalue weighted by Gasteiger charge is -2.15. The second-order valence-electron chi connectivity index (χ2n) is 7.92. The van der Waals surface area contributed by atoms with Crippen molar-refractivity contribution in [2.24, 2.45) is 0 Å². The van der Waals surface area contributed by atoms with Crippen molar-refractivity contribution in [1.82, 2.24) is 0 Å². The second-order valence-corrected chi connectivity index (χ2v) is 10.4. The molecule has 0 aliphatic heterocycles. The number of rotatable bonds is 9. The number of ether oxygens (including phenoxy) is 1. The molecule has 194 valence electrons. The Bertz CT molecular complexity index is 1420. The molecule has 2 N–H and O–H groups in total. The molecule has 3 aromatic carbocycles. The lowest BCUT2D eigenvalue weighted by molar-refractivity contribution is -0.0583. The molecule has 0 aliphatic carbocycles. The Kier molecular flexibility index (Phi) is 8.77. The van der Waals surface area contributed by atoms with E-state index in [1.165, 1.54) is 36.4 Å². The van der Waals surface area contributed by atoms with Gasteiger partial charge < -0.3 is 10.1 Å². The Balaban J connectivity index is 1.73. The highest BCUT2D eigenvalue weighted by Crippen LogP contribution is 2.27. The number of hydrogen-bond donors (Lipinski definition) is 2. The minimum Gasteiger partial charge on any atom is -0.461 e. The van der Waals surface area contributed by atoms with Crippen LogP contribution < -0.4 is 5.32 Å². The number of halogens is 4. The molecule has 0 heterocycles. The molecule has 0 atom stereocenters. The summed E-state index contributed by atoms with van der Waals surface area (Å²) < 4.78 is 68.9. The van der Waals surface area contributed by atoms with Gasteiger partial charge in [-0.2, -0.15) is 13.2 Å². The molecule has 6 nitrogen and oxygen atoms in total. The van der Waals surface area contributed by atoms with E-state index in [1.54, 1.807) is 36.4 Å².